The smallest absolute Gasteiger partial charge is 0.332 e. The molecule has 1 aromatic carbocycles. The molecule has 27 heavy (non-hydrogen) atoms. The number of nitrogens with zero attached hydrogens (tertiary/aromatic N) is 4. The van der Waals surface area contributed by atoms with Gasteiger partial charge in [0, 0.05) is 20.1 Å². The van der Waals surface area contributed by atoms with Gasteiger partial charge in [-0.3, -0.25) is 18.5 Å². The number of rotatable bonds is 6. The molecule has 3 aromatic rings. The van der Waals surface area contributed by atoms with Crippen molar-refractivity contribution in [3.8, 4) is 0 Å². The predicted octanol–water partition coefficient (Wildman–Crippen LogP) is 1.07. The highest BCUT2D eigenvalue weighted by molar-refractivity contribution is 5.74. The first-order valence-electron chi connectivity index (χ1n) is 9.01. The first kappa shape index (κ1) is 18.9. The highest BCUT2D eigenvalue weighted by Crippen LogP contribution is 2.18. The van der Waals surface area contributed by atoms with Gasteiger partial charge in [-0.25, -0.2) is 4.79 Å². The summed E-state index contributed by atoms with van der Waals surface area (Å²) in [7, 11) is 1.61. The molecule has 3 rings (SSSR count). The number of nitrogens with one attached hydrogen (secondary N) is 1. The van der Waals surface area contributed by atoms with Gasteiger partial charge in [-0.05, 0) is 26.3 Å². The summed E-state index contributed by atoms with van der Waals surface area (Å²) in [6.45, 7) is 6.44. The fraction of sp³-hybridized carbons (Fsp3) is 0.421. The zero-order chi connectivity index (χ0) is 19.7. The summed E-state index contributed by atoms with van der Waals surface area (Å²) in [4.78, 5) is 29.9. The molecule has 0 spiro atoms. The van der Waals surface area contributed by atoms with Crippen LogP contribution in [0.1, 0.15) is 25.0 Å². The minimum Gasteiger partial charge on any atom is -0.392 e. The fourth-order valence-corrected chi connectivity index (χ4v) is 3.05. The third-order valence-corrected chi connectivity index (χ3v) is 4.57. The van der Waals surface area contributed by atoms with E-state index in [0.29, 0.717) is 23.7 Å². The molecule has 0 radical (unpaired) electrons. The molecule has 144 valence electrons. The quantitative estimate of drug-likeness (QED) is 0.676. The normalized spacial score (nSPS) is 12.5. The second-order valence-electron chi connectivity index (χ2n) is 6.80. The second kappa shape index (κ2) is 7.40. The fourth-order valence-electron chi connectivity index (χ4n) is 3.05. The van der Waals surface area contributed by atoms with E-state index in [4.69, 9.17) is 0 Å². The van der Waals surface area contributed by atoms with Crippen molar-refractivity contribution in [3.05, 3.63) is 56.2 Å². The number of hydrogen-bond acceptors (Lipinski definition) is 5. The molecule has 0 saturated heterocycles. The Hall–Kier alpha value is -2.87. The number of benzene rings is 1. The third-order valence-electron chi connectivity index (χ3n) is 4.57. The summed E-state index contributed by atoms with van der Waals surface area (Å²) in [5.74, 6) is 0.451. The zero-order valence-electron chi connectivity index (χ0n) is 16.1. The van der Waals surface area contributed by atoms with E-state index in [1.54, 1.807) is 25.5 Å². The van der Waals surface area contributed by atoms with Crippen LogP contribution in [-0.4, -0.2) is 36.4 Å². The molecule has 0 aliphatic heterocycles. The average Bonchev–Trinajstić information content (AvgIpc) is 2.99. The van der Waals surface area contributed by atoms with Gasteiger partial charge in [-0.15, -0.1) is 0 Å². The van der Waals surface area contributed by atoms with E-state index in [1.807, 2.05) is 31.2 Å². The molecule has 2 aromatic heterocycles. The topological polar surface area (TPSA) is 94.1 Å². The Morgan fingerprint density at radius 1 is 1.19 bits per heavy atom. The van der Waals surface area contributed by atoms with E-state index in [-0.39, 0.29) is 18.6 Å². The van der Waals surface area contributed by atoms with Gasteiger partial charge in [0.05, 0.1) is 12.6 Å². The summed E-state index contributed by atoms with van der Waals surface area (Å²) < 4.78 is 4.36. The Kier molecular flexibility index (Phi) is 5.18. The molecule has 2 N–H and O–H groups in total. The second-order valence-corrected chi connectivity index (χ2v) is 6.80. The van der Waals surface area contributed by atoms with Crippen molar-refractivity contribution in [3.63, 3.8) is 0 Å². The summed E-state index contributed by atoms with van der Waals surface area (Å²) in [5.41, 5.74) is 2.11. The first-order valence-corrected chi connectivity index (χ1v) is 9.01. The molecule has 8 heteroatoms. The largest absolute Gasteiger partial charge is 0.392 e. The lowest BCUT2D eigenvalue weighted by Gasteiger charge is -2.12. The highest BCUT2D eigenvalue weighted by Gasteiger charge is 2.20. The molecule has 1 atom stereocenters. The third kappa shape index (κ3) is 3.52. The number of hydrogen-bond donors (Lipinski definition) is 2. The maximum Gasteiger partial charge on any atom is 0.332 e. The Morgan fingerprint density at radius 3 is 2.44 bits per heavy atom. The number of aryl methyl sites for hydroxylation is 2. The number of aliphatic hydroxyl groups is 1. The molecule has 0 bridgehead atoms. The van der Waals surface area contributed by atoms with Crippen LogP contribution in [-0.2, 0) is 20.1 Å². The average molecular weight is 371 g/mol. The van der Waals surface area contributed by atoms with Crippen LogP contribution in [0.4, 0.5) is 5.95 Å². The predicted molar refractivity (Wildman–Crippen MR) is 105 cm³/mol. The van der Waals surface area contributed by atoms with Gasteiger partial charge in [0.1, 0.15) is 0 Å². The summed E-state index contributed by atoms with van der Waals surface area (Å²) >= 11 is 0. The van der Waals surface area contributed by atoms with Crippen LogP contribution in [0, 0.1) is 6.92 Å². The van der Waals surface area contributed by atoms with E-state index in [9.17, 15) is 14.7 Å². The van der Waals surface area contributed by atoms with E-state index in [0.717, 1.165) is 11.1 Å². The highest BCUT2D eigenvalue weighted by atomic mass is 16.3. The van der Waals surface area contributed by atoms with Crippen LogP contribution >= 0.6 is 0 Å². The number of imidazole rings is 1. The van der Waals surface area contributed by atoms with Crippen LogP contribution in [0.5, 0.6) is 0 Å². The van der Waals surface area contributed by atoms with Crippen molar-refractivity contribution in [1.29, 1.82) is 0 Å². The minimum absolute atomic E-state index is 0.285. The van der Waals surface area contributed by atoms with Crippen LogP contribution in [0.25, 0.3) is 11.2 Å². The van der Waals surface area contributed by atoms with Crippen molar-refractivity contribution < 1.29 is 5.11 Å². The molecular weight excluding hydrogens is 346 g/mol. The van der Waals surface area contributed by atoms with Gasteiger partial charge in [0.25, 0.3) is 5.56 Å². The minimum atomic E-state index is -0.575. The Balaban J connectivity index is 2.24. The SMILES string of the molecule is CCn1c(=O)c2c(nc(NC[C@H](C)O)n2Cc2ccc(C)cc2)n(C)c1=O. The molecule has 0 saturated carbocycles. The van der Waals surface area contributed by atoms with E-state index >= 15 is 0 Å². The van der Waals surface area contributed by atoms with Gasteiger partial charge in [0.15, 0.2) is 11.2 Å². The van der Waals surface area contributed by atoms with Crippen molar-refractivity contribution in [2.75, 3.05) is 11.9 Å². The number of aromatic nitrogens is 4. The lowest BCUT2D eigenvalue weighted by molar-refractivity contribution is 0.208. The molecule has 0 amide bonds. The van der Waals surface area contributed by atoms with Crippen molar-refractivity contribution in [1.82, 2.24) is 18.7 Å². The van der Waals surface area contributed by atoms with Crippen LogP contribution in [0.3, 0.4) is 0 Å². The Bertz CT molecular complexity index is 1070. The molecular formula is C19H25N5O3. The first-order chi connectivity index (χ1) is 12.8. The van der Waals surface area contributed by atoms with Crippen molar-refractivity contribution in [2.45, 2.75) is 40.0 Å². The van der Waals surface area contributed by atoms with E-state index in [2.05, 4.69) is 10.3 Å². The molecule has 0 unspecified atom stereocenters. The van der Waals surface area contributed by atoms with Gasteiger partial charge < -0.3 is 10.4 Å². The molecule has 8 nitrogen and oxygen atoms in total. The maximum atomic E-state index is 13.0. The van der Waals surface area contributed by atoms with Gasteiger partial charge in [-0.2, -0.15) is 4.98 Å². The van der Waals surface area contributed by atoms with Crippen molar-refractivity contribution >= 4 is 17.1 Å². The lowest BCUT2D eigenvalue weighted by Crippen LogP contribution is -2.39. The molecule has 2 heterocycles. The van der Waals surface area contributed by atoms with E-state index < -0.39 is 11.8 Å². The number of fused-ring (bicyclic) bond motifs is 1. The van der Waals surface area contributed by atoms with Gasteiger partial charge >= 0.3 is 5.69 Å². The molecule has 0 aliphatic rings. The molecule has 0 aliphatic carbocycles. The van der Waals surface area contributed by atoms with Crippen LogP contribution < -0.4 is 16.6 Å². The standard InChI is InChI=1S/C19H25N5O3/c1-5-23-17(26)15-16(22(4)19(23)27)21-18(20-10-13(3)25)24(15)11-14-8-6-12(2)7-9-14/h6-9,13,25H,5,10-11H2,1-4H3,(H,20,21)/t13-/m0/s1. The number of anilines is 1. The maximum absolute atomic E-state index is 13.0. The summed E-state index contributed by atoms with van der Waals surface area (Å²) in [5, 5.41) is 12.7. The monoisotopic (exact) mass is 371 g/mol. The summed E-state index contributed by atoms with van der Waals surface area (Å²) in [6, 6.07) is 8.02. The Morgan fingerprint density at radius 2 is 1.85 bits per heavy atom. The number of aliphatic hydroxyl groups excluding tert-OH is 1. The van der Waals surface area contributed by atoms with Crippen LogP contribution in [0.15, 0.2) is 33.9 Å². The van der Waals surface area contributed by atoms with Crippen LogP contribution in [0.2, 0.25) is 0 Å². The lowest BCUT2D eigenvalue weighted by atomic mass is 10.1. The van der Waals surface area contributed by atoms with Gasteiger partial charge in [-0.1, -0.05) is 29.8 Å². The molecule has 0 fully saturated rings. The zero-order valence-corrected chi connectivity index (χ0v) is 16.1. The van der Waals surface area contributed by atoms with Crippen molar-refractivity contribution in [2.24, 2.45) is 7.05 Å². The summed E-state index contributed by atoms with van der Waals surface area (Å²) in [6.07, 6.45) is -0.575. The Labute approximate surface area is 156 Å². The van der Waals surface area contributed by atoms with E-state index in [1.165, 1.54) is 9.13 Å². The van der Waals surface area contributed by atoms with Gasteiger partial charge in [0.2, 0.25) is 5.95 Å².